The highest BCUT2D eigenvalue weighted by molar-refractivity contribution is 5.97. The van der Waals surface area contributed by atoms with E-state index in [0.717, 1.165) is 25.0 Å². The van der Waals surface area contributed by atoms with E-state index >= 15 is 0 Å². The van der Waals surface area contributed by atoms with Crippen LogP contribution in [-0.4, -0.2) is 25.2 Å². The van der Waals surface area contributed by atoms with Crippen LogP contribution >= 0.6 is 0 Å². The molecule has 1 aromatic rings. The van der Waals surface area contributed by atoms with Crippen LogP contribution < -0.4 is 10.6 Å². The van der Waals surface area contributed by atoms with Gasteiger partial charge in [0.1, 0.15) is 11.6 Å². The van der Waals surface area contributed by atoms with Gasteiger partial charge >= 0.3 is 0 Å². The Morgan fingerprint density at radius 2 is 2.24 bits per heavy atom. The first-order chi connectivity index (χ1) is 10.3. The molecule has 1 aliphatic rings. The van der Waals surface area contributed by atoms with Crippen molar-refractivity contribution < 1.29 is 9.53 Å². The first-order valence-electron chi connectivity index (χ1n) is 7.07. The predicted molar refractivity (Wildman–Crippen MR) is 79.0 cm³/mol. The van der Waals surface area contributed by atoms with Crippen molar-refractivity contribution in [1.29, 1.82) is 5.26 Å². The fourth-order valence-electron chi connectivity index (χ4n) is 2.12. The van der Waals surface area contributed by atoms with Gasteiger partial charge in [0.2, 0.25) is 0 Å². The molecule has 5 nitrogen and oxygen atoms in total. The number of rotatable bonds is 6. The van der Waals surface area contributed by atoms with Gasteiger partial charge in [0.05, 0.1) is 6.10 Å². The molecule has 5 heteroatoms. The summed E-state index contributed by atoms with van der Waals surface area (Å²) in [4.78, 5) is 11.9. The quantitative estimate of drug-likeness (QED) is 0.613. The Kier molecular flexibility index (Phi) is 5.80. The number of benzene rings is 1. The maximum atomic E-state index is 11.9. The average molecular weight is 285 g/mol. The molecular weight excluding hydrogens is 266 g/mol. The number of hydrogen-bond donors (Lipinski definition) is 2. The fourth-order valence-corrected chi connectivity index (χ4v) is 2.12. The second kappa shape index (κ2) is 8.08. The fraction of sp³-hybridized carbons (Fsp3) is 0.375. The summed E-state index contributed by atoms with van der Waals surface area (Å²) in [6.45, 7) is 1.82. The van der Waals surface area contributed by atoms with Crippen LogP contribution in [0, 0.1) is 11.3 Å². The number of ether oxygens (including phenoxy) is 1. The summed E-state index contributed by atoms with van der Waals surface area (Å²) in [7, 11) is 0. The highest BCUT2D eigenvalue weighted by Crippen LogP contribution is 2.10. The Balaban J connectivity index is 1.79. The SMILES string of the molecule is N#C/C(=C/NCC1CCCO1)C(=O)NCc1ccccc1. The lowest BCUT2D eigenvalue weighted by molar-refractivity contribution is -0.117. The van der Waals surface area contributed by atoms with E-state index in [1.165, 1.54) is 6.20 Å². The van der Waals surface area contributed by atoms with Gasteiger partial charge in [0.15, 0.2) is 0 Å². The number of carbonyl (C=O) groups is 1. The van der Waals surface area contributed by atoms with Crippen molar-refractivity contribution in [3.05, 3.63) is 47.7 Å². The zero-order valence-electron chi connectivity index (χ0n) is 11.8. The molecule has 1 saturated heterocycles. The number of carbonyl (C=O) groups excluding carboxylic acids is 1. The van der Waals surface area contributed by atoms with E-state index in [4.69, 9.17) is 10.00 Å². The maximum Gasteiger partial charge on any atom is 0.263 e. The molecule has 0 radical (unpaired) electrons. The van der Waals surface area contributed by atoms with Crippen molar-refractivity contribution >= 4 is 5.91 Å². The summed E-state index contributed by atoms with van der Waals surface area (Å²) in [5.74, 6) is -0.374. The van der Waals surface area contributed by atoms with Crippen molar-refractivity contribution in [2.45, 2.75) is 25.5 Å². The van der Waals surface area contributed by atoms with Crippen LogP contribution in [0.2, 0.25) is 0 Å². The van der Waals surface area contributed by atoms with Crippen LogP contribution in [0.15, 0.2) is 42.1 Å². The van der Waals surface area contributed by atoms with Crippen LogP contribution in [0.4, 0.5) is 0 Å². The first-order valence-corrected chi connectivity index (χ1v) is 7.07. The second-order valence-electron chi connectivity index (χ2n) is 4.88. The summed E-state index contributed by atoms with van der Waals surface area (Å²) in [5, 5.41) is 14.7. The minimum absolute atomic E-state index is 0.0731. The third-order valence-electron chi connectivity index (χ3n) is 3.28. The molecule has 0 spiro atoms. The van der Waals surface area contributed by atoms with Crippen molar-refractivity contribution in [1.82, 2.24) is 10.6 Å². The molecule has 2 N–H and O–H groups in total. The normalized spacial score (nSPS) is 18.0. The third-order valence-corrected chi connectivity index (χ3v) is 3.28. The van der Waals surface area contributed by atoms with Gasteiger partial charge in [-0.3, -0.25) is 4.79 Å². The standard InChI is InChI=1S/C16H19N3O2/c17-9-14(11-18-12-15-7-4-8-21-15)16(20)19-10-13-5-2-1-3-6-13/h1-3,5-6,11,15,18H,4,7-8,10,12H2,(H,19,20)/b14-11-. The van der Waals surface area contributed by atoms with E-state index < -0.39 is 0 Å². The molecule has 0 bridgehead atoms. The lowest BCUT2D eigenvalue weighted by Crippen LogP contribution is -2.27. The minimum Gasteiger partial charge on any atom is -0.387 e. The van der Waals surface area contributed by atoms with Crippen molar-refractivity contribution in [3.8, 4) is 6.07 Å². The molecule has 21 heavy (non-hydrogen) atoms. The molecule has 1 aromatic carbocycles. The lowest BCUT2D eigenvalue weighted by Gasteiger charge is -2.09. The minimum atomic E-state index is -0.374. The molecular formula is C16H19N3O2. The smallest absolute Gasteiger partial charge is 0.263 e. The highest BCUT2D eigenvalue weighted by Gasteiger charge is 2.14. The van der Waals surface area contributed by atoms with Gasteiger partial charge in [0, 0.05) is 25.9 Å². The van der Waals surface area contributed by atoms with Gasteiger partial charge in [-0.15, -0.1) is 0 Å². The van der Waals surface area contributed by atoms with Gasteiger partial charge in [-0.05, 0) is 18.4 Å². The van der Waals surface area contributed by atoms with Crippen molar-refractivity contribution in [2.24, 2.45) is 0 Å². The molecule has 0 aromatic heterocycles. The molecule has 1 aliphatic heterocycles. The number of nitrogens with zero attached hydrogens (tertiary/aromatic N) is 1. The topological polar surface area (TPSA) is 74.1 Å². The van der Waals surface area contributed by atoms with Crippen LogP contribution in [0.3, 0.4) is 0 Å². The van der Waals surface area contributed by atoms with Gasteiger partial charge in [0.25, 0.3) is 5.91 Å². The lowest BCUT2D eigenvalue weighted by atomic mass is 10.2. The Labute approximate surface area is 124 Å². The van der Waals surface area contributed by atoms with Crippen LogP contribution in [-0.2, 0) is 16.1 Å². The van der Waals surface area contributed by atoms with E-state index in [-0.39, 0.29) is 17.6 Å². The Bertz CT molecular complexity index is 528. The number of hydrogen-bond acceptors (Lipinski definition) is 4. The monoisotopic (exact) mass is 285 g/mol. The van der Waals surface area contributed by atoms with Gasteiger partial charge in [-0.1, -0.05) is 30.3 Å². The van der Waals surface area contributed by atoms with E-state index in [1.54, 1.807) is 0 Å². The van der Waals surface area contributed by atoms with Crippen molar-refractivity contribution in [2.75, 3.05) is 13.2 Å². The summed E-state index contributed by atoms with van der Waals surface area (Å²) in [5.41, 5.74) is 1.07. The molecule has 0 aliphatic carbocycles. The Morgan fingerprint density at radius 3 is 2.90 bits per heavy atom. The molecule has 1 heterocycles. The van der Waals surface area contributed by atoms with Crippen LogP contribution in [0.5, 0.6) is 0 Å². The summed E-state index contributed by atoms with van der Waals surface area (Å²) in [6.07, 6.45) is 3.72. The number of nitriles is 1. The van der Waals surface area contributed by atoms with Gasteiger partial charge in [-0.25, -0.2) is 0 Å². The van der Waals surface area contributed by atoms with Crippen molar-refractivity contribution in [3.63, 3.8) is 0 Å². The molecule has 1 atom stereocenters. The second-order valence-corrected chi connectivity index (χ2v) is 4.88. The Morgan fingerprint density at radius 1 is 1.43 bits per heavy atom. The van der Waals surface area contributed by atoms with Crippen LogP contribution in [0.25, 0.3) is 0 Å². The largest absolute Gasteiger partial charge is 0.387 e. The third kappa shape index (κ3) is 4.93. The zero-order valence-corrected chi connectivity index (χ0v) is 11.8. The summed E-state index contributed by atoms with van der Waals surface area (Å²) < 4.78 is 5.46. The highest BCUT2D eigenvalue weighted by atomic mass is 16.5. The van der Waals surface area contributed by atoms with Crippen LogP contribution in [0.1, 0.15) is 18.4 Å². The van der Waals surface area contributed by atoms with E-state index in [1.807, 2.05) is 36.4 Å². The molecule has 2 rings (SSSR count). The van der Waals surface area contributed by atoms with E-state index in [2.05, 4.69) is 10.6 Å². The number of amides is 1. The summed E-state index contributed by atoms with van der Waals surface area (Å²) in [6, 6.07) is 11.5. The first kappa shape index (κ1) is 15.1. The van der Waals surface area contributed by atoms with E-state index in [9.17, 15) is 4.79 Å². The zero-order chi connectivity index (χ0) is 14.9. The molecule has 1 unspecified atom stereocenters. The summed E-state index contributed by atoms with van der Waals surface area (Å²) >= 11 is 0. The predicted octanol–water partition coefficient (Wildman–Crippen LogP) is 1.48. The van der Waals surface area contributed by atoms with E-state index in [0.29, 0.717) is 13.1 Å². The molecule has 110 valence electrons. The molecule has 1 amide bonds. The number of nitrogens with one attached hydrogen (secondary N) is 2. The van der Waals surface area contributed by atoms with Gasteiger partial charge < -0.3 is 15.4 Å². The average Bonchev–Trinajstić information content (AvgIpc) is 3.03. The van der Waals surface area contributed by atoms with Gasteiger partial charge in [-0.2, -0.15) is 5.26 Å². The Hall–Kier alpha value is -2.32. The maximum absolute atomic E-state index is 11.9. The molecule has 0 saturated carbocycles. The molecule has 1 fully saturated rings.